The van der Waals surface area contributed by atoms with Gasteiger partial charge in [0.2, 0.25) is 5.91 Å². The number of hydrogen-bond donors (Lipinski definition) is 2. The number of benzene rings is 1. The minimum atomic E-state index is -0.195. The minimum Gasteiger partial charge on any atom is -0.343 e. The molecule has 1 aromatic carbocycles. The molecule has 160 valence electrons. The zero-order valence-electron chi connectivity index (χ0n) is 17.2. The first kappa shape index (κ1) is 21.7. The molecule has 0 aliphatic heterocycles. The number of nitrogens with zero attached hydrogens (tertiary/aromatic N) is 2. The molecule has 1 amide bonds. The molecule has 3 heterocycles. The van der Waals surface area contributed by atoms with Crippen molar-refractivity contribution < 1.29 is 4.79 Å². The number of aromatic amines is 1. The van der Waals surface area contributed by atoms with Gasteiger partial charge in [0.1, 0.15) is 6.54 Å². The molecule has 2 N–H and O–H groups in total. The van der Waals surface area contributed by atoms with E-state index in [9.17, 15) is 4.79 Å². The maximum atomic E-state index is 13.1. The van der Waals surface area contributed by atoms with Crippen LogP contribution < -0.4 is 5.32 Å². The second kappa shape index (κ2) is 10.2. The summed E-state index contributed by atoms with van der Waals surface area (Å²) in [6.45, 7) is 2.31. The van der Waals surface area contributed by atoms with Crippen LogP contribution in [0.5, 0.6) is 0 Å². The average molecular weight is 469 g/mol. The Labute approximate surface area is 194 Å². The highest BCUT2D eigenvalue weighted by molar-refractivity contribution is 7.71. The summed E-state index contributed by atoms with van der Waals surface area (Å²) in [5.74, 6) is 0.576. The molecular formula is C23H24N4OS3. The number of rotatable bonds is 9. The second-order valence-corrected chi connectivity index (χ2v) is 9.59. The fourth-order valence-electron chi connectivity index (χ4n) is 3.44. The Morgan fingerprint density at radius 3 is 2.61 bits per heavy atom. The third-order valence-electron chi connectivity index (χ3n) is 5.07. The predicted molar refractivity (Wildman–Crippen MR) is 130 cm³/mol. The van der Waals surface area contributed by atoms with Crippen molar-refractivity contribution in [3.63, 3.8) is 0 Å². The summed E-state index contributed by atoms with van der Waals surface area (Å²) in [7, 11) is 0. The molecule has 0 aliphatic carbocycles. The largest absolute Gasteiger partial charge is 0.343 e. The van der Waals surface area contributed by atoms with Gasteiger partial charge in [-0.25, -0.2) is 0 Å². The normalized spacial score (nSPS) is 12.0. The van der Waals surface area contributed by atoms with Gasteiger partial charge in [0, 0.05) is 4.88 Å². The Bertz CT molecular complexity index is 1160. The molecule has 0 radical (unpaired) electrons. The molecule has 4 aromatic rings. The summed E-state index contributed by atoms with van der Waals surface area (Å²) in [6, 6.07) is 16.4. The number of aromatic nitrogens is 3. The third kappa shape index (κ3) is 5.20. The standard InChI is InChI=1S/C23H24N4OS3/c1-2-3-6-16-9-11-17(12-10-16)21(18-7-4-13-30-18)24-20(28)15-27-22(25-26-23(27)29)19-8-5-14-31-19/h4-5,7-14,21H,2-3,6,15H2,1H3,(H,24,28)(H,26,29). The zero-order chi connectivity index (χ0) is 21.6. The van der Waals surface area contributed by atoms with Gasteiger partial charge in [0.25, 0.3) is 0 Å². The van der Waals surface area contributed by atoms with E-state index in [0.29, 0.717) is 10.6 Å². The molecular weight excluding hydrogens is 444 g/mol. The van der Waals surface area contributed by atoms with Gasteiger partial charge in [-0.3, -0.25) is 14.5 Å². The average Bonchev–Trinajstić information content (AvgIpc) is 3.54. The minimum absolute atomic E-state index is 0.108. The molecule has 5 nitrogen and oxygen atoms in total. The summed E-state index contributed by atoms with van der Waals surface area (Å²) >= 11 is 8.58. The van der Waals surface area contributed by atoms with Crippen molar-refractivity contribution >= 4 is 40.8 Å². The summed E-state index contributed by atoms with van der Waals surface area (Å²) in [6.07, 6.45) is 3.44. The maximum absolute atomic E-state index is 13.1. The van der Waals surface area contributed by atoms with Crippen LogP contribution >= 0.6 is 34.9 Å². The van der Waals surface area contributed by atoms with Crippen molar-refractivity contribution in [2.45, 2.75) is 38.8 Å². The molecule has 1 atom stereocenters. The summed E-state index contributed by atoms with van der Waals surface area (Å²) < 4.78 is 2.18. The number of thiophene rings is 2. The summed E-state index contributed by atoms with van der Waals surface area (Å²) in [4.78, 5) is 15.1. The first-order valence-corrected chi connectivity index (χ1v) is 12.4. The highest BCUT2D eigenvalue weighted by atomic mass is 32.1. The molecule has 1 unspecified atom stereocenters. The van der Waals surface area contributed by atoms with E-state index in [1.54, 1.807) is 27.2 Å². The Kier molecular flexibility index (Phi) is 7.11. The van der Waals surface area contributed by atoms with Gasteiger partial charge in [0.15, 0.2) is 10.6 Å². The predicted octanol–water partition coefficient (Wildman–Crippen LogP) is 5.98. The van der Waals surface area contributed by atoms with Gasteiger partial charge in [-0.15, -0.1) is 22.7 Å². The van der Waals surface area contributed by atoms with Crippen molar-refractivity contribution in [1.82, 2.24) is 20.1 Å². The molecule has 0 fully saturated rings. The first-order valence-electron chi connectivity index (χ1n) is 10.3. The van der Waals surface area contributed by atoms with Crippen LogP contribution in [0.25, 0.3) is 10.7 Å². The van der Waals surface area contributed by atoms with E-state index in [0.717, 1.165) is 21.7 Å². The summed E-state index contributed by atoms with van der Waals surface area (Å²) in [5, 5.41) is 14.3. The van der Waals surface area contributed by atoms with E-state index in [1.807, 2.05) is 29.0 Å². The second-order valence-electron chi connectivity index (χ2n) is 7.28. The van der Waals surface area contributed by atoms with Crippen LogP contribution in [0.15, 0.2) is 59.3 Å². The first-order chi connectivity index (χ1) is 15.2. The quantitative estimate of drug-likeness (QED) is 0.297. The number of carbonyl (C=O) groups excluding carboxylic acids is 1. The van der Waals surface area contributed by atoms with E-state index in [-0.39, 0.29) is 18.5 Å². The maximum Gasteiger partial charge on any atom is 0.240 e. The fraction of sp³-hybridized carbons (Fsp3) is 0.261. The molecule has 0 spiro atoms. The van der Waals surface area contributed by atoms with Crippen LogP contribution in [0.4, 0.5) is 0 Å². The Morgan fingerprint density at radius 2 is 1.94 bits per heavy atom. The van der Waals surface area contributed by atoms with Crippen molar-refractivity contribution in [1.29, 1.82) is 0 Å². The number of nitrogens with one attached hydrogen (secondary N) is 2. The number of hydrogen-bond acceptors (Lipinski definition) is 5. The molecule has 0 saturated carbocycles. The lowest BCUT2D eigenvalue weighted by Crippen LogP contribution is -2.32. The number of unbranched alkanes of at least 4 members (excludes halogenated alkanes) is 1. The fourth-order valence-corrected chi connectivity index (χ4v) is 5.16. The van der Waals surface area contributed by atoms with Gasteiger partial charge < -0.3 is 5.32 Å². The summed E-state index contributed by atoms with van der Waals surface area (Å²) in [5.41, 5.74) is 2.40. The molecule has 31 heavy (non-hydrogen) atoms. The van der Waals surface area contributed by atoms with E-state index in [4.69, 9.17) is 12.2 Å². The SMILES string of the molecule is CCCCc1ccc(C(NC(=O)Cn2c(-c3cccs3)n[nH]c2=S)c2cccs2)cc1. The molecule has 4 rings (SSSR count). The zero-order valence-corrected chi connectivity index (χ0v) is 19.7. The van der Waals surface area contributed by atoms with E-state index in [1.165, 1.54) is 18.4 Å². The van der Waals surface area contributed by atoms with Crippen LogP contribution in [-0.4, -0.2) is 20.7 Å². The molecule has 0 saturated heterocycles. The van der Waals surface area contributed by atoms with Crippen molar-refractivity contribution in [2.24, 2.45) is 0 Å². The lowest BCUT2D eigenvalue weighted by Gasteiger charge is -2.19. The van der Waals surface area contributed by atoms with Crippen LogP contribution in [0.2, 0.25) is 0 Å². The third-order valence-corrected chi connectivity index (χ3v) is 7.18. The molecule has 0 aliphatic rings. The molecule has 3 aromatic heterocycles. The Morgan fingerprint density at radius 1 is 1.16 bits per heavy atom. The number of aryl methyl sites for hydroxylation is 1. The highest BCUT2D eigenvalue weighted by Gasteiger charge is 2.20. The lowest BCUT2D eigenvalue weighted by molar-refractivity contribution is -0.122. The van der Waals surface area contributed by atoms with Crippen LogP contribution in [0.1, 0.15) is 41.8 Å². The smallest absolute Gasteiger partial charge is 0.240 e. The van der Waals surface area contributed by atoms with Crippen molar-refractivity contribution in [3.05, 3.63) is 80.1 Å². The van der Waals surface area contributed by atoms with E-state index >= 15 is 0 Å². The molecule has 8 heteroatoms. The van der Waals surface area contributed by atoms with Gasteiger partial charge in [0.05, 0.1) is 10.9 Å². The highest BCUT2D eigenvalue weighted by Crippen LogP contribution is 2.27. The van der Waals surface area contributed by atoms with E-state index in [2.05, 4.69) is 52.8 Å². The Balaban J connectivity index is 1.54. The van der Waals surface area contributed by atoms with Gasteiger partial charge in [-0.2, -0.15) is 5.10 Å². The topological polar surface area (TPSA) is 62.7 Å². The number of carbonyl (C=O) groups is 1. The number of amides is 1. The van der Waals surface area contributed by atoms with Gasteiger partial charge >= 0.3 is 0 Å². The van der Waals surface area contributed by atoms with Crippen molar-refractivity contribution in [2.75, 3.05) is 0 Å². The van der Waals surface area contributed by atoms with Crippen molar-refractivity contribution in [3.8, 4) is 10.7 Å². The van der Waals surface area contributed by atoms with Gasteiger partial charge in [-0.05, 0) is 59.1 Å². The van der Waals surface area contributed by atoms with E-state index < -0.39 is 0 Å². The van der Waals surface area contributed by atoms with Crippen LogP contribution in [0, 0.1) is 4.77 Å². The molecule has 0 bridgehead atoms. The number of H-pyrrole nitrogens is 1. The van der Waals surface area contributed by atoms with Crippen LogP contribution in [0.3, 0.4) is 0 Å². The van der Waals surface area contributed by atoms with Crippen LogP contribution in [-0.2, 0) is 17.8 Å². The Hall–Kier alpha value is -2.55. The lowest BCUT2D eigenvalue weighted by atomic mass is 10.0. The monoisotopic (exact) mass is 468 g/mol. The van der Waals surface area contributed by atoms with Gasteiger partial charge in [-0.1, -0.05) is 49.7 Å².